The number of aromatic nitrogens is 1. The lowest BCUT2D eigenvalue weighted by atomic mass is 9.98. The molecule has 3 heteroatoms. The number of para-hydroxylation sites is 2. The Balaban J connectivity index is 2.25. The van der Waals surface area contributed by atoms with Crippen LogP contribution in [0.15, 0.2) is 60.7 Å². The first-order chi connectivity index (χ1) is 10.7. The zero-order valence-electron chi connectivity index (χ0n) is 12.2. The zero-order chi connectivity index (χ0) is 15.3. The minimum atomic E-state index is 0.279. The van der Waals surface area contributed by atoms with E-state index >= 15 is 0 Å². The minimum Gasteiger partial charge on any atom is -0.507 e. The summed E-state index contributed by atoms with van der Waals surface area (Å²) in [6.07, 6.45) is 0. The van der Waals surface area contributed by atoms with Crippen LogP contribution in [0.2, 0.25) is 0 Å². The maximum Gasteiger partial charge on any atom is 0.123 e. The number of anilines is 1. The number of nitrogens with two attached hydrogens (primary N) is 1. The van der Waals surface area contributed by atoms with E-state index < -0.39 is 0 Å². The molecule has 1 heterocycles. The van der Waals surface area contributed by atoms with Crippen LogP contribution in [0.4, 0.5) is 5.69 Å². The van der Waals surface area contributed by atoms with E-state index in [0.717, 1.165) is 38.6 Å². The molecule has 3 N–H and O–H groups in total. The van der Waals surface area contributed by atoms with E-state index in [2.05, 4.69) is 16.7 Å². The topological polar surface area (TPSA) is 51.2 Å². The molecule has 3 nitrogen and oxygen atoms in total. The van der Waals surface area contributed by atoms with Gasteiger partial charge >= 0.3 is 0 Å². The Kier molecular flexibility index (Phi) is 2.63. The number of phenols is 1. The van der Waals surface area contributed by atoms with Gasteiger partial charge in [-0.15, -0.1) is 0 Å². The van der Waals surface area contributed by atoms with E-state index in [1.807, 2.05) is 49.5 Å². The van der Waals surface area contributed by atoms with Crippen LogP contribution >= 0.6 is 0 Å². The van der Waals surface area contributed by atoms with Crippen LogP contribution in [-0.4, -0.2) is 9.67 Å². The number of fused-ring (bicyclic) bond motifs is 3. The molecule has 1 aromatic heterocycles. The number of hydrogen-bond acceptors (Lipinski definition) is 2. The molecule has 0 radical (unpaired) electrons. The smallest absolute Gasteiger partial charge is 0.123 e. The molecule has 3 aromatic carbocycles. The summed E-state index contributed by atoms with van der Waals surface area (Å²) in [7, 11) is 2.02. The Labute approximate surface area is 128 Å². The van der Waals surface area contributed by atoms with Crippen LogP contribution in [0, 0.1) is 0 Å². The predicted molar refractivity (Wildman–Crippen MR) is 91.9 cm³/mol. The normalized spacial score (nSPS) is 11.3. The molecule has 0 unspecified atom stereocenters. The van der Waals surface area contributed by atoms with E-state index in [9.17, 15) is 5.11 Å². The van der Waals surface area contributed by atoms with Crippen LogP contribution in [0.25, 0.3) is 32.9 Å². The van der Waals surface area contributed by atoms with E-state index in [0.29, 0.717) is 0 Å². The molecule has 4 rings (SSSR count). The number of nitrogen functional groups attached to an aromatic ring is 1. The molecule has 0 aliphatic carbocycles. The number of aromatic hydroxyl groups is 1. The fraction of sp³-hybridized carbons (Fsp3) is 0.0526. The molecule has 0 spiro atoms. The van der Waals surface area contributed by atoms with Gasteiger partial charge in [-0.3, -0.25) is 0 Å². The van der Waals surface area contributed by atoms with Gasteiger partial charge in [-0.2, -0.15) is 0 Å². The molecule has 4 aromatic rings. The highest BCUT2D eigenvalue weighted by Crippen LogP contribution is 2.41. The highest BCUT2D eigenvalue weighted by atomic mass is 16.3. The van der Waals surface area contributed by atoms with Crippen molar-refractivity contribution in [1.82, 2.24) is 4.57 Å². The van der Waals surface area contributed by atoms with Crippen molar-refractivity contribution in [2.45, 2.75) is 0 Å². The summed E-state index contributed by atoms with van der Waals surface area (Å²) in [4.78, 5) is 0. The average molecular weight is 288 g/mol. The molecule has 0 saturated heterocycles. The second kappa shape index (κ2) is 4.53. The van der Waals surface area contributed by atoms with Crippen LogP contribution < -0.4 is 5.73 Å². The van der Waals surface area contributed by atoms with Crippen LogP contribution in [0.5, 0.6) is 5.75 Å². The number of aryl methyl sites for hydroxylation is 1. The van der Waals surface area contributed by atoms with Crippen LogP contribution in [0.1, 0.15) is 0 Å². The molecular formula is C19H16N2O. The predicted octanol–water partition coefficient (Wildman–Crippen LogP) is 4.29. The second-order valence-corrected chi connectivity index (χ2v) is 5.52. The molecule has 0 fully saturated rings. The first-order valence-electron chi connectivity index (χ1n) is 7.22. The van der Waals surface area contributed by atoms with Crippen molar-refractivity contribution in [3.05, 3.63) is 60.7 Å². The molecule has 0 aliphatic heterocycles. The van der Waals surface area contributed by atoms with Gasteiger partial charge < -0.3 is 15.4 Å². The summed E-state index contributed by atoms with van der Waals surface area (Å²) in [5.41, 5.74) is 10.9. The van der Waals surface area contributed by atoms with E-state index in [-0.39, 0.29) is 5.75 Å². The summed E-state index contributed by atoms with van der Waals surface area (Å²) >= 11 is 0. The van der Waals surface area contributed by atoms with Crippen molar-refractivity contribution >= 4 is 27.5 Å². The SMILES string of the molecule is Cn1c2ccccc2c2c(-c3ccccc3O)ccc(N)c21. The highest BCUT2D eigenvalue weighted by molar-refractivity contribution is 6.18. The van der Waals surface area contributed by atoms with E-state index in [1.54, 1.807) is 6.07 Å². The van der Waals surface area contributed by atoms with Gasteiger partial charge in [0.15, 0.2) is 0 Å². The molecule has 0 aliphatic rings. The van der Waals surface area contributed by atoms with Crippen molar-refractivity contribution in [2.75, 3.05) is 5.73 Å². The zero-order valence-corrected chi connectivity index (χ0v) is 12.2. The van der Waals surface area contributed by atoms with Crippen molar-refractivity contribution < 1.29 is 5.11 Å². The van der Waals surface area contributed by atoms with Gasteiger partial charge in [0.1, 0.15) is 5.75 Å². The molecule has 22 heavy (non-hydrogen) atoms. The minimum absolute atomic E-state index is 0.279. The Morgan fingerprint density at radius 3 is 2.41 bits per heavy atom. The molecular weight excluding hydrogens is 272 g/mol. The van der Waals surface area contributed by atoms with Gasteiger partial charge in [-0.1, -0.05) is 42.5 Å². The molecule has 0 bridgehead atoms. The fourth-order valence-corrected chi connectivity index (χ4v) is 3.27. The number of nitrogens with zero attached hydrogens (tertiary/aromatic N) is 1. The third-order valence-corrected chi connectivity index (χ3v) is 4.27. The van der Waals surface area contributed by atoms with E-state index in [1.165, 1.54) is 0 Å². The number of phenolic OH excluding ortho intramolecular Hbond substituents is 1. The second-order valence-electron chi connectivity index (χ2n) is 5.52. The summed E-state index contributed by atoms with van der Waals surface area (Å²) in [5, 5.41) is 12.5. The first kappa shape index (κ1) is 12.8. The van der Waals surface area contributed by atoms with Crippen LogP contribution in [-0.2, 0) is 7.05 Å². The fourth-order valence-electron chi connectivity index (χ4n) is 3.27. The third-order valence-electron chi connectivity index (χ3n) is 4.27. The van der Waals surface area contributed by atoms with Gasteiger partial charge in [0.05, 0.1) is 11.2 Å². The van der Waals surface area contributed by atoms with Gasteiger partial charge in [0.25, 0.3) is 0 Å². The number of hydrogen-bond donors (Lipinski definition) is 2. The van der Waals surface area contributed by atoms with Gasteiger partial charge in [0, 0.05) is 28.9 Å². The maximum absolute atomic E-state index is 10.2. The largest absolute Gasteiger partial charge is 0.507 e. The number of rotatable bonds is 1. The Bertz CT molecular complexity index is 1010. The Morgan fingerprint density at radius 2 is 1.59 bits per heavy atom. The van der Waals surface area contributed by atoms with Crippen molar-refractivity contribution in [3.63, 3.8) is 0 Å². The summed E-state index contributed by atoms with van der Waals surface area (Å²) in [6, 6.07) is 19.5. The summed E-state index contributed by atoms with van der Waals surface area (Å²) < 4.78 is 2.11. The quantitative estimate of drug-likeness (QED) is 0.513. The lowest BCUT2D eigenvalue weighted by Crippen LogP contribution is -1.93. The molecule has 0 amide bonds. The molecule has 0 saturated carbocycles. The van der Waals surface area contributed by atoms with Gasteiger partial charge in [-0.05, 0) is 23.8 Å². The van der Waals surface area contributed by atoms with Crippen molar-refractivity contribution in [1.29, 1.82) is 0 Å². The van der Waals surface area contributed by atoms with Gasteiger partial charge in [-0.25, -0.2) is 0 Å². The summed E-state index contributed by atoms with van der Waals surface area (Å²) in [5.74, 6) is 0.279. The maximum atomic E-state index is 10.2. The lowest BCUT2D eigenvalue weighted by molar-refractivity contribution is 0.477. The standard InChI is InChI=1S/C19H16N2O/c1-21-16-8-4-2-7-14(16)18-13(10-11-15(20)19(18)21)12-6-3-5-9-17(12)22/h2-11,22H,20H2,1H3. The van der Waals surface area contributed by atoms with Crippen LogP contribution in [0.3, 0.4) is 0 Å². The number of benzene rings is 3. The van der Waals surface area contributed by atoms with Gasteiger partial charge in [0.2, 0.25) is 0 Å². The first-order valence-corrected chi connectivity index (χ1v) is 7.22. The lowest BCUT2D eigenvalue weighted by Gasteiger charge is -2.09. The van der Waals surface area contributed by atoms with Crippen molar-refractivity contribution in [3.8, 4) is 16.9 Å². The van der Waals surface area contributed by atoms with Crippen molar-refractivity contribution in [2.24, 2.45) is 7.05 Å². The Hall–Kier alpha value is -2.94. The summed E-state index contributed by atoms with van der Waals surface area (Å²) in [6.45, 7) is 0. The van der Waals surface area contributed by atoms with E-state index in [4.69, 9.17) is 5.73 Å². The highest BCUT2D eigenvalue weighted by Gasteiger charge is 2.16. The molecule has 108 valence electrons. The monoisotopic (exact) mass is 288 g/mol. The molecule has 0 atom stereocenters. The average Bonchev–Trinajstić information content (AvgIpc) is 2.84. The third kappa shape index (κ3) is 1.62. The Morgan fingerprint density at radius 1 is 0.864 bits per heavy atom.